The van der Waals surface area contributed by atoms with E-state index in [2.05, 4.69) is 149 Å². The second-order valence-corrected chi connectivity index (χ2v) is 14.7. The maximum Gasteiger partial charge on any atom is 0.111 e. The van der Waals surface area contributed by atoms with Gasteiger partial charge in [0.15, 0.2) is 0 Å². The van der Waals surface area contributed by atoms with E-state index < -0.39 is 6.17 Å². The van der Waals surface area contributed by atoms with Crippen LogP contribution in [-0.2, 0) is 0 Å². The fourth-order valence-corrected chi connectivity index (χ4v) is 9.50. The van der Waals surface area contributed by atoms with Crippen molar-refractivity contribution in [2.24, 2.45) is 9.98 Å². The fourth-order valence-electron chi connectivity index (χ4n) is 8.28. The lowest BCUT2D eigenvalue weighted by molar-refractivity contribution is 0.867. The Kier molecular flexibility index (Phi) is 6.81. The molecule has 0 bridgehead atoms. The van der Waals surface area contributed by atoms with E-state index >= 15 is 0 Å². The summed E-state index contributed by atoms with van der Waals surface area (Å²) in [7, 11) is 0. The second-order valence-electron chi connectivity index (χ2n) is 13.7. The molecule has 2 atom stereocenters. The summed E-state index contributed by atoms with van der Waals surface area (Å²) in [6.45, 7) is 0. The van der Waals surface area contributed by atoms with Crippen molar-refractivity contribution >= 4 is 70.8 Å². The zero-order chi connectivity index (χ0) is 35.8. The molecule has 0 amide bonds. The van der Waals surface area contributed by atoms with Gasteiger partial charge in [0.05, 0.1) is 23.5 Å². The third-order valence-corrected chi connectivity index (χ3v) is 11.9. The first-order valence-corrected chi connectivity index (χ1v) is 18.8. The van der Waals surface area contributed by atoms with Gasteiger partial charge in [0.1, 0.15) is 6.17 Å². The SMILES string of the molecule is N#Cc1cccc(C2N=C(c3cccc4c3sc3ccc5c(c34)-c3ccccc3NC5c3ccccc3)N=C(n3c4ccccc4c4ccccc43)[N-]2)c1. The van der Waals surface area contributed by atoms with E-state index in [1.54, 1.807) is 11.3 Å². The van der Waals surface area contributed by atoms with Gasteiger partial charge < -0.3 is 20.2 Å². The highest BCUT2D eigenvalue weighted by Crippen LogP contribution is 2.50. The summed E-state index contributed by atoms with van der Waals surface area (Å²) in [6, 6.07) is 57.1. The van der Waals surface area contributed by atoms with Crippen LogP contribution in [0.4, 0.5) is 5.69 Å². The molecule has 0 saturated heterocycles. The van der Waals surface area contributed by atoms with Crippen molar-refractivity contribution in [1.82, 2.24) is 4.57 Å². The number of hydrogen-bond acceptors (Lipinski definition) is 5. The van der Waals surface area contributed by atoms with Crippen LogP contribution in [0, 0.1) is 11.3 Å². The van der Waals surface area contributed by atoms with Crippen LogP contribution in [0.25, 0.3) is 58.4 Å². The Bertz CT molecular complexity index is 3040. The molecule has 7 aromatic carbocycles. The molecule has 2 aliphatic heterocycles. The normalized spacial score (nSPS) is 16.3. The summed E-state index contributed by atoms with van der Waals surface area (Å²) < 4.78 is 4.49. The Morgan fingerprint density at radius 2 is 1.35 bits per heavy atom. The fraction of sp³-hybridized carbons (Fsp3) is 0.0426. The molecule has 254 valence electrons. The lowest BCUT2D eigenvalue weighted by atomic mass is 9.84. The number of nitriles is 1. The van der Waals surface area contributed by atoms with Crippen LogP contribution >= 0.6 is 11.3 Å². The summed E-state index contributed by atoms with van der Waals surface area (Å²) in [4.78, 5) is 10.6. The van der Waals surface area contributed by atoms with Gasteiger partial charge in [-0.1, -0.05) is 133 Å². The van der Waals surface area contributed by atoms with E-state index in [4.69, 9.17) is 15.3 Å². The first kappa shape index (κ1) is 30.6. The van der Waals surface area contributed by atoms with Crippen LogP contribution in [-0.4, -0.2) is 16.4 Å². The Morgan fingerprint density at radius 1 is 0.667 bits per heavy atom. The first-order chi connectivity index (χ1) is 26.7. The van der Waals surface area contributed by atoms with Crippen molar-refractivity contribution in [3.8, 4) is 17.2 Å². The zero-order valence-electron chi connectivity index (χ0n) is 28.8. The Balaban J connectivity index is 1.16. The standard InChI is InChI=1S/C47H29N6S/c48-27-28-12-10-15-30(26-28)45-50-46(52-47(51-45)53-38-22-8-5-16-31(38)32-17-6-9-23-39(32)53)36-20-11-19-35-42-40(54-44(35)36)25-24-34-41(42)33-18-4-7-21-37(33)49-43(34)29-13-2-1-3-14-29/h1-26,43,45,49H/q-1. The lowest BCUT2D eigenvalue weighted by Gasteiger charge is -2.32. The number of hydrogen-bond donors (Lipinski definition) is 1. The lowest BCUT2D eigenvalue weighted by Crippen LogP contribution is -2.21. The Morgan fingerprint density at radius 3 is 2.17 bits per heavy atom. The number of fused-ring (bicyclic) bond motifs is 10. The summed E-state index contributed by atoms with van der Waals surface area (Å²) >= 11 is 1.78. The average molecular weight is 710 g/mol. The van der Waals surface area contributed by atoms with Crippen molar-refractivity contribution in [3.05, 3.63) is 191 Å². The van der Waals surface area contributed by atoms with Crippen LogP contribution in [0.3, 0.4) is 0 Å². The third kappa shape index (κ3) is 4.64. The highest BCUT2D eigenvalue weighted by Gasteiger charge is 2.29. The number of nitrogens with zero attached hydrogens (tertiary/aromatic N) is 5. The zero-order valence-corrected chi connectivity index (χ0v) is 29.6. The minimum absolute atomic E-state index is 0.0197. The summed E-state index contributed by atoms with van der Waals surface area (Å²) in [5.41, 5.74) is 10.5. The highest BCUT2D eigenvalue weighted by atomic mass is 32.1. The minimum Gasteiger partial charge on any atom is -0.374 e. The van der Waals surface area contributed by atoms with Crippen molar-refractivity contribution in [2.75, 3.05) is 5.32 Å². The smallest absolute Gasteiger partial charge is 0.111 e. The highest BCUT2D eigenvalue weighted by molar-refractivity contribution is 7.26. The van der Waals surface area contributed by atoms with Crippen molar-refractivity contribution in [2.45, 2.75) is 12.2 Å². The first-order valence-electron chi connectivity index (χ1n) is 18.0. The molecule has 7 heteroatoms. The molecule has 2 aromatic heterocycles. The van der Waals surface area contributed by atoms with Crippen LogP contribution in [0.5, 0.6) is 0 Å². The van der Waals surface area contributed by atoms with Gasteiger partial charge in [-0.05, 0) is 68.3 Å². The van der Waals surface area contributed by atoms with Crippen LogP contribution < -0.4 is 5.32 Å². The summed E-state index contributed by atoms with van der Waals surface area (Å²) in [5, 5.41) is 23.5. The number of benzene rings is 7. The Labute approximate surface area is 315 Å². The summed E-state index contributed by atoms with van der Waals surface area (Å²) in [5.74, 6) is 1.18. The number of anilines is 1. The van der Waals surface area contributed by atoms with E-state index in [9.17, 15) is 5.26 Å². The van der Waals surface area contributed by atoms with E-state index in [-0.39, 0.29) is 6.04 Å². The van der Waals surface area contributed by atoms with Gasteiger partial charge in [-0.25, -0.2) is 0 Å². The molecule has 9 aromatic rings. The van der Waals surface area contributed by atoms with E-state index in [0.717, 1.165) is 43.3 Å². The molecule has 4 heterocycles. The van der Waals surface area contributed by atoms with Gasteiger partial charge in [-0.2, -0.15) is 5.26 Å². The molecule has 1 N–H and O–H groups in total. The molecule has 2 aliphatic rings. The number of nitrogens with one attached hydrogen (secondary N) is 1. The predicted molar refractivity (Wildman–Crippen MR) is 223 cm³/mol. The molecule has 0 radical (unpaired) electrons. The van der Waals surface area contributed by atoms with Gasteiger partial charge in [-0.15, -0.1) is 11.3 Å². The van der Waals surface area contributed by atoms with Gasteiger partial charge >= 0.3 is 0 Å². The molecule has 0 saturated carbocycles. The average Bonchev–Trinajstić information content (AvgIpc) is 3.80. The molecule has 6 nitrogen and oxygen atoms in total. The molecule has 0 spiro atoms. The number of para-hydroxylation sites is 3. The van der Waals surface area contributed by atoms with Gasteiger partial charge in [0, 0.05) is 42.9 Å². The molecule has 2 unspecified atom stereocenters. The molecule has 54 heavy (non-hydrogen) atoms. The molecule has 0 aliphatic carbocycles. The number of aliphatic imine (C=N–C) groups is 2. The Hall–Kier alpha value is -7.01. The van der Waals surface area contributed by atoms with Crippen LogP contribution in [0.2, 0.25) is 0 Å². The molecular weight excluding hydrogens is 681 g/mol. The van der Waals surface area contributed by atoms with Gasteiger partial charge in [0.25, 0.3) is 0 Å². The maximum atomic E-state index is 9.80. The number of rotatable bonds is 3. The van der Waals surface area contributed by atoms with E-state index in [1.807, 2.05) is 24.3 Å². The van der Waals surface area contributed by atoms with Crippen molar-refractivity contribution in [3.63, 3.8) is 0 Å². The molecule has 11 rings (SSSR count). The van der Waals surface area contributed by atoms with E-state index in [0.29, 0.717) is 17.4 Å². The van der Waals surface area contributed by atoms with Gasteiger partial charge in [-0.3, -0.25) is 4.99 Å². The number of thiophene rings is 1. The van der Waals surface area contributed by atoms with Crippen LogP contribution in [0.1, 0.15) is 40.0 Å². The van der Waals surface area contributed by atoms with Crippen molar-refractivity contribution in [1.29, 1.82) is 5.26 Å². The second kappa shape index (κ2) is 12.0. The van der Waals surface area contributed by atoms with E-state index in [1.165, 1.54) is 37.7 Å². The van der Waals surface area contributed by atoms with Crippen molar-refractivity contribution < 1.29 is 0 Å². The minimum atomic E-state index is -0.595. The third-order valence-electron chi connectivity index (χ3n) is 10.7. The summed E-state index contributed by atoms with van der Waals surface area (Å²) in [6.07, 6.45) is -0.595. The quantitative estimate of drug-likeness (QED) is 0.198. The largest absolute Gasteiger partial charge is 0.374 e. The molecule has 0 fully saturated rings. The topological polar surface area (TPSA) is 79.6 Å². The maximum absolute atomic E-state index is 9.80. The van der Waals surface area contributed by atoms with Crippen LogP contribution in [0.15, 0.2) is 168 Å². The predicted octanol–water partition coefficient (Wildman–Crippen LogP) is 12.0. The monoisotopic (exact) mass is 709 g/mol. The number of amidine groups is 1. The van der Waals surface area contributed by atoms with Gasteiger partial charge in [0.2, 0.25) is 0 Å². The molecular formula is C47H29N6S-. The number of aromatic nitrogens is 1.